The van der Waals surface area contributed by atoms with Gasteiger partial charge in [-0.1, -0.05) is 25.1 Å². The number of amides is 1. The predicted octanol–water partition coefficient (Wildman–Crippen LogP) is 3.32. The molecule has 0 fully saturated rings. The molecule has 0 saturated carbocycles. The number of rotatable bonds is 10. The van der Waals surface area contributed by atoms with E-state index in [9.17, 15) is 13.2 Å². The number of aromatic nitrogens is 2. The van der Waals surface area contributed by atoms with Crippen LogP contribution < -0.4 is 10.0 Å². The van der Waals surface area contributed by atoms with Crippen LogP contribution >= 0.6 is 0 Å². The van der Waals surface area contributed by atoms with E-state index < -0.39 is 15.9 Å². The summed E-state index contributed by atoms with van der Waals surface area (Å²) >= 11 is 0. The van der Waals surface area contributed by atoms with E-state index in [1.165, 1.54) is 12.1 Å². The van der Waals surface area contributed by atoms with Crippen molar-refractivity contribution in [2.24, 2.45) is 0 Å². The van der Waals surface area contributed by atoms with Gasteiger partial charge in [-0.25, -0.2) is 18.1 Å². The summed E-state index contributed by atoms with van der Waals surface area (Å²) in [4.78, 5) is 17.7. The summed E-state index contributed by atoms with van der Waals surface area (Å²) in [6.07, 6.45) is 0.770. The number of carbonyl (C=O) groups excluding carboxylic acids is 1. The Morgan fingerprint density at radius 2 is 1.94 bits per heavy atom. The molecule has 2 aromatic carbocycles. The summed E-state index contributed by atoms with van der Waals surface area (Å²) in [6.45, 7) is 7.58. The molecule has 31 heavy (non-hydrogen) atoms. The molecule has 1 heterocycles. The molecule has 9 heteroatoms. The third-order valence-electron chi connectivity index (χ3n) is 4.85. The second kappa shape index (κ2) is 10.0. The maximum atomic E-state index is 13.1. The Bertz CT molecular complexity index is 1170. The first-order valence-corrected chi connectivity index (χ1v) is 11.8. The van der Waals surface area contributed by atoms with Crippen LogP contribution in [0, 0.1) is 6.92 Å². The van der Waals surface area contributed by atoms with E-state index in [0.717, 1.165) is 17.5 Å². The molecular weight excluding hydrogens is 416 g/mol. The van der Waals surface area contributed by atoms with Gasteiger partial charge in [0, 0.05) is 31.9 Å². The lowest BCUT2D eigenvalue weighted by molar-refractivity contribution is 0.102. The number of hydrogen-bond donors (Lipinski definition) is 2. The number of sulfonamides is 1. The van der Waals surface area contributed by atoms with Crippen molar-refractivity contribution in [3.8, 4) is 0 Å². The quantitative estimate of drug-likeness (QED) is 0.467. The van der Waals surface area contributed by atoms with Crippen LogP contribution in [0.15, 0.2) is 47.4 Å². The van der Waals surface area contributed by atoms with Gasteiger partial charge in [0.25, 0.3) is 5.91 Å². The lowest BCUT2D eigenvalue weighted by atomic mass is 10.1. The zero-order valence-electron chi connectivity index (χ0n) is 18.0. The first-order valence-electron chi connectivity index (χ1n) is 10.3. The van der Waals surface area contributed by atoms with E-state index in [0.29, 0.717) is 31.3 Å². The van der Waals surface area contributed by atoms with Crippen LogP contribution in [-0.4, -0.2) is 43.6 Å². The van der Waals surface area contributed by atoms with Gasteiger partial charge in [-0.3, -0.25) is 10.1 Å². The summed E-state index contributed by atoms with van der Waals surface area (Å²) in [7, 11) is -3.67. The standard InChI is InChI=1S/C22H28N4O4S/c1-4-23-31(28,29)17-12-11-16(3)18(15-17)21(27)25-22-24-19-9-6-7-10-20(19)26(22)13-8-14-30-5-2/h6-7,9-12,15,23H,4-5,8,13-14H2,1-3H3,(H,24,25,27). The molecule has 0 bridgehead atoms. The lowest BCUT2D eigenvalue weighted by Crippen LogP contribution is -2.24. The molecule has 0 aliphatic heterocycles. The lowest BCUT2D eigenvalue weighted by Gasteiger charge is -2.12. The monoisotopic (exact) mass is 444 g/mol. The van der Waals surface area contributed by atoms with E-state index >= 15 is 0 Å². The van der Waals surface area contributed by atoms with Crippen LogP contribution in [-0.2, 0) is 21.3 Å². The SMILES string of the molecule is CCNS(=O)(=O)c1ccc(C)c(C(=O)Nc2nc3ccccc3n2CCCOCC)c1. The summed E-state index contributed by atoms with van der Waals surface area (Å²) < 4.78 is 34.5. The number of carbonyl (C=O) groups is 1. The predicted molar refractivity (Wildman–Crippen MR) is 121 cm³/mol. The van der Waals surface area contributed by atoms with Gasteiger partial charge in [-0.2, -0.15) is 0 Å². The molecule has 0 atom stereocenters. The highest BCUT2D eigenvalue weighted by Gasteiger charge is 2.19. The minimum atomic E-state index is -3.67. The van der Waals surface area contributed by atoms with Crippen LogP contribution in [0.5, 0.6) is 0 Å². The molecule has 1 aromatic heterocycles. The Morgan fingerprint density at radius 1 is 1.16 bits per heavy atom. The smallest absolute Gasteiger partial charge is 0.258 e. The van der Waals surface area contributed by atoms with E-state index in [1.54, 1.807) is 19.9 Å². The highest BCUT2D eigenvalue weighted by Crippen LogP contribution is 2.22. The van der Waals surface area contributed by atoms with Gasteiger partial charge in [0.1, 0.15) is 0 Å². The largest absolute Gasteiger partial charge is 0.382 e. The van der Waals surface area contributed by atoms with E-state index in [4.69, 9.17) is 4.74 Å². The molecule has 2 N–H and O–H groups in total. The molecule has 0 spiro atoms. The number of nitrogens with zero attached hydrogens (tertiary/aromatic N) is 2. The van der Waals surface area contributed by atoms with E-state index in [2.05, 4.69) is 15.0 Å². The average molecular weight is 445 g/mol. The summed E-state index contributed by atoms with van der Waals surface area (Å²) in [5, 5.41) is 2.87. The first-order chi connectivity index (χ1) is 14.9. The van der Waals surface area contributed by atoms with Gasteiger partial charge in [0.05, 0.1) is 15.9 Å². The summed E-state index contributed by atoms with van der Waals surface area (Å²) in [5.74, 6) is 0.00875. The number of para-hydroxylation sites is 2. The van der Waals surface area contributed by atoms with Crippen LogP contribution in [0.1, 0.15) is 36.2 Å². The number of ether oxygens (including phenoxy) is 1. The highest BCUT2D eigenvalue weighted by molar-refractivity contribution is 7.89. The fraction of sp³-hybridized carbons (Fsp3) is 0.364. The molecule has 1 amide bonds. The number of fused-ring (bicyclic) bond motifs is 1. The second-order valence-electron chi connectivity index (χ2n) is 7.06. The number of nitrogens with one attached hydrogen (secondary N) is 2. The summed E-state index contributed by atoms with van der Waals surface area (Å²) in [5.41, 5.74) is 2.64. The molecule has 3 aromatic rings. The maximum Gasteiger partial charge on any atom is 0.258 e. The van der Waals surface area contributed by atoms with Crippen LogP contribution in [0.3, 0.4) is 0 Å². The van der Waals surface area contributed by atoms with Gasteiger partial charge < -0.3 is 9.30 Å². The van der Waals surface area contributed by atoms with E-state index in [-0.39, 0.29) is 17.0 Å². The van der Waals surface area contributed by atoms with Crippen molar-refractivity contribution < 1.29 is 17.9 Å². The first kappa shape index (κ1) is 22.9. The molecule has 8 nitrogen and oxygen atoms in total. The van der Waals surface area contributed by atoms with Gasteiger partial charge >= 0.3 is 0 Å². The molecule has 0 aliphatic rings. The normalized spacial score (nSPS) is 11.7. The van der Waals surface area contributed by atoms with Crippen LogP contribution in [0.25, 0.3) is 11.0 Å². The fourth-order valence-electron chi connectivity index (χ4n) is 3.32. The van der Waals surface area contributed by atoms with Gasteiger partial charge in [0.2, 0.25) is 16.0 Å². The number of benzene rings is 2. The molecular formula is C22H28N4O4S. The van der Waals surface area contributed by atoms with Crippen LogP contribution in [0.4, 0.5) is 5.95 Å². The van der Waals surface area contributed by atoms with Gasteiger partial charge in [0.15, 0.2) is 0 Å². The zero-order valence-corrected chi connectivity index (χ0v) is 18.8. The average Bonchev–Trinajstić information content (AvgIpc) is 3.08. The van der Waals surface area contributed by atoms with Crippen molar-refractivity contribution in [1.82, 2.24) is 14.3 Å². The highest BCUT2D eigenvalue weighted by atomic mass is 32.2. The number of imidazole rings is 1. The minimum Gasteiger partial charge on any atom is -0.382 e. The number of anilines is 1. The molecule has 0 saturated heterocycles. The third kappa shape index (κ3) is 5.30. The van der Waals surface area contributed by atoms with Crippen LogP contribution in [0.2, 0.25) is 0 Å². The van der Waals surface area contributed by atoms with Gasteiger partial charge in [-0.05, 0) is 50.1 Å². The fourth-order valence-corrected chi connectivity index (χ4v) is 4.39. The molecule has 166 valence electrons. The van der Waals surface area contributed by atoms with Crippen molar-refractivity contribution in [2.45, 2.75) is 38.6 Å². The molecule has 3 rings (SSSR count). The number of aryl methyl sites for hydroxylation is 2. The minimum absolute atomic E-state index is 0.0512. The third-order valence-corrected chi connectivity index (χ3v) is 6.40. The number of hydrogen-bond acceptors (Lipinski definition) is 5. The van der Waals surface area contributed by atoms with Crippen molar-refractivity contribution in [3.63, 3.8) is 0 Å². The van der Waals surface area contributed by atoms with Crippen molar-refractivity contribution in [2.75, 3.05) is 25.1 Å². The summed E-state index contributed by atoms with van der Waals surface area (Å²) in [6, 6.07) is 12.2. The molecule has 0 aliphatic carbocycles. The van der Waals surface area contributed by atoms with Crippen molar-refractivity contribution >= 4 is 32.9 Å². The van der Waals surface area contributed by atoms with Crippen molar-refractivity contribution in [3.05, 3.63) is 53.6 Å². The Hall–Kier alpha value is -2.75. The second-order valence-corrected chi connectivity index (χ2v) is 8.83. The Labute approximate surface area is 182 Å². The van der Waals surface area contributed by atoms with Gasteiger partial charge in [-0.15, -0.1) is 0 Å². The topological polar surface area (TPSA) is 102 Å². The molecule has 0 unspecified atom stereocenters. The molecule has 0 radical (unpaired) electrons. The van der Waals surface area contributed by atoms with E-state index in [1.807, 2.05) is 35.8 Å². The Morgan fingerprint density at radius 3 is 2.68 bits per heavy atom. The van der Waals surface area contributed by atoms with Crippen molar-refractivity contribution in [1.29, 1.82) is 0 Å². The Balaban J connectivity index is 1.91. The Kier molecular flexibility index (Phi) is 7.42. The maximum absolute atomic E-state index is 13.1. The zero-order chi connectivity index (χ0) is 22.4.